The highest BCUT2D eigenvalue weighted by atomic mass is 35.5. The SMILES string of the molecule is COc1ccc(N(C(=O)/C=C/c2ccc(C)cc2)S(=O)(=O)c2ccc(C)cc2)cc1Cl. The highest BCUT2D eigenvalue weighted by molar-refractivity contribution is 7.93. The average Bonchev–Trinajstić information content (AvgIpc) is 2.74. The number of ether oxygens (including phenoxy) is 1. The summed E-state index contributed by atoms with van der Waals surface area (Å²) < 4.78 is 32.7. The van der Waals surface area contributed by atoms with Gasteiger partial charge in [-0.2, -0.15) is 4.31 Å². The Hall–Kier alpha value is -3.09. The fourth-order valence-corrected chi connectivity index (χ4v) is 4.53. The molecule has 0 saturated carbocycles. The van der Waals surface area contributed by atoms with E-state index in [2.05, 4.69) is 0 Å². The van der Waals surface area contributed by atoms with E-state index in [9.17, 15) is 13.2 Å². The number of methoxy groups -OCH3 is 1. The maximum atomic E-state index is 13.4. The number of benzene rings is 3. The lowest BCUT2D eigenvalue weighted by atomic mass is 10.1. The Bertz CT molecular complexity index is 1220. The van der Waals surface area contributed by atoms with Crippen LogP contribution in [-0.2, 0) is 14.8 Å². The van der Waals surface area contributed by atoms with E-state index in [0.717, 1.165) is 21.0 Å². The molecule has 7 heteroatoms. The number of amides is 1. The van der Waals surface area contributed by atoms with Crippen molar-refractivity contribution in [2.45, 2.75) is 18.7 Å². The highest BCUT2D eigenvalue weighted by Gasteiger charge is 2.30. The first kappa shape index (κ1) is 22.6. The molecule has 0 fully saturated rings. The number of carbonyl (C=O) groups excluding carboxylic acids is 1. The number of sulfonamides is 1. The minimum atomic E-state index is -4.18. The first-order chi connectivity index (χ1) is 14.7. The van der Waals surface area contributed by atoms with Gasteiger partial charge < -0.3 is 4.74 Å². The van der Waals surface area contributed by atoms with Gasteiger partial charge in [0.2, 0.25) is 0 Å². The van der Waals surface area contributed by atoms with Crippen LogP contribution in [0, 0.1) is 13.8 Å². The summed E-state index contributed by atoms with van der Waals surface area (Å²) in [7, 11) is -2.73. The van der Waals surface area contributed by atoms with Gasteiger partial charge in [0.25, 0.3) is 15.9 Å². The zero-order valence-corrected chi connectivity index (χ0v) is 18.9. The van der Waals surface area contributed by atoms with E-state index >= 15 is 0 Å². The largest absolute Gasteiger partial charge is 0.495 e. The number of rotatable bonds is 6. The van der Waals surface area contributed by atoms with Crippen LogP contribution in [0.5, 0.6) is 5.75 Å². The van der Waals surface area contributed by atoms with Crippen LogP contribution in [-0.4, -0.2) is 21.4 Å². The minimum Gasteiger partial charge on any atom is -0.495 e. The van der Waals surface area contributed by atoms with Gasteiger partial charge in [-0.1, -0.05) is 59.1 Å². The Balaban J connectivity index is 2.07. The van der Waals surface area contributed by atoms with Gasteiger partial charge >= 0.3 is 0 Å². The van der Waals surface area contributed by atoms with Crippen molar-refractivity contribution in [3.63, 3.8) is 0 Å². The van der Waals surface area contributed by atoms with Crippen molar-refractivity contribution in [3.8, 4) is 5.75 Å². The summed E-state index contributed by atoms with van der Waals surface area (Å²) in [4.78, 5) is 13.1. The lowest BCUT2D eigenvalue weighted by Crippen LogP contribution is -2.35. The predicted octanol–water partition coefficient (Wildman–Crippen LogP) is 5.40. The predicted molar refractivity (Wildman–Crippen MR) is 124 cm³/mol. The Labute approximate surface area is 187 Å². The van der Waals surface area contributed by atoms with Crippen molar-refractivity contribution >= 4 is 39.3 Å². The fourth-order valence-electron chi connectivity index (χ4n) is 2.89. The van der Waals surface area contributed by atoms with Crippen LogP contribution in [0.25, 0.3) is 6.08 Å². The third-order valence-electron chi connectivity index (χ3n) is 4.62. The van der Waals surface area contributed by atoms with Gasteiger partial charge in [0.15, 0.2) is 0 Å². The molecule has 1 amide bonds. The van der Waals surface area contributed by atoms with Crippen molar-refractivity contribution in [1.82, 2.24) is 0 Å². The topological polar surface area (TPSA) is 63.7 Å². The van der Waals surface area contributed by atoms with Crippen LogP contribution in [0.3, 0.4) is 0 Å². The molecule has 3 aromatic rings. The maximum Gasteiger partial charge on any atom is 0.271 e. The summed E-state index contributed by atoms with van der Waals surface area (Å²) in [5.74, 6) is -0.344. The standard InChI is InChI=1S/C24H22ClNO4S/c1-17-4-8-19(9-5-17)10-15-24(27)26(20-11-14-23(30-3)22(25)16-20)31(28,29)21-12-6-18(2)7-13-21/h4-16H,1-3H3/b15-10+. The first-order valence-electron chi connectivity index (χ1n) is 9.46. The number of nitrogens with zero attached hydrogens (tertiary/aromatic N) is 1. The van der Waals surface area contributed by atoms with E-state index in [0.29, 0.717) is 5.75 Å². The minimum absolute atomic E-state index is 0.00197. The van der Waals surface area contributed by atoms with Gasteiger partial charge in [0, 0.05) is 6.08 Å². The Kier molecular flexibility index (Phi) is 6.83. The van der Waals surface area contributed by atoms with E-state index in [1.807, 2.05) is 38.1 Å². The molecule has 5 nitrogen and oxygen atoms in total. The average molecular weight is 456 g/mol. The van der Waals surface area contributed by atoms with Crippen molar-refractivity contribution in [1.29, 1.82) is 0 Å². The summed E-state index contributed by atoms with van der Waals surface area (Å²) in [5.41, 5.74) is 2.88. The molecule has 0 N–H and O–H groups in total. The molecule has 0 bridgehead atoms. The molecule has 0 aliphatic carbocycles. The molecular formula is C24H22ClNO4S. The molecule has 0 atom stereocenters. The van der Waals surface area contributed by atoms with E-state index in [1.54, 1.807) is 18.2 Å². The third-order valence-corrected chi connectivity index (χ3v) is 6.66. The van der Waals surface area contributed by atoms with E-state index in [-0.39, 0.29) is 15.6 Å². The quantitative estimate of drug-likeness (QED) is 0.467. The van der Waals surface area contributed by atoms with Gasteiger partial charge in [0.1, 0.15) is 5.75 Å². The molecule has 160 valence electrons. The van der Waals surface area contributed by atoms with Crippen LogP contribution >= 0.6 is 11.6 Å². The fraction of sp³-hybridized carbons (Fsp3) is 0.125. The van der Waals surface area contributed by atoms with Gasteiger partial charge in [-0.15, -0.1) is 0 Å². The Morgan fingerprint density at radius 3 is 2.06 bits per heavy atom. The molecule has 0 spiro atoms. The smallest absolute Gasteiger partial charge is 0.271 e. The lowest BCUT2D eigenvalue weighted by molar-refractivity contribution is -0.113. The molecular weight excluding hydrogens is 434 g/mol. The molecule has 3 aromatic carbocycles. The van der Waals surface area contributed by atoms with Crippen LogP contribution < -0.4 is 9.04 Å². The number of carbonyl (C=O) groups is 1. The highest BCUT2D eigenvalue weighted by Crippen LogP contribution is 2.32. The Morgan fingerprint density at radius 2 is 1.52 bits per heavy atom. The summed E-state index contributed by atoms with van der Waals surface area (Å²) in [6.07, 6.45) is 2.80. The normalized spacial score (nSPS) is 11.5. The number of aryl methyl sites for hydroxylation is 2. The van der Waals surface area contributed by atoms with E-state index < -0.39 is 15.9 Å². The molecule has 0 saturated heterocycles. The van der Waals surface area contributed by atoms with Crippen molar-refractivity contribution in [3.05, 3.63) is 94.5 Å². The van der Waals surface area contributed by atoms with Gasteiger partial charge in [-0.3, -0.25) is 4.79 Å². The van der Waals surface area contributed by atoms with E-state index in [4.69, 9.17) is 16.3 Å². The number of hydrogen-bond donors (Lipinski definition) is 0. The molecule has 0 aliphatic heterocycles. The summed E-state index contributed by atoms with van der Waals surface area (Å²) in [5, 5.41) is 0.194. The third kappa shape index (κ3) is 5.16. The number of halogens is 1. The molecule has 0 heterocycles. The van der Waals surface area contributed by atoms with Crippen molar-refractivity contribution in [2.24, 2.45) is 0 Å². The van der Waals surface area contributed by atoms with Gasteiger partial charge in [0.05, 0.1) is 22.7 Å². The lowest BCUT2D eigenvalue weighted by Gasteiger charge is -2.22. The van der Waals surface area contributed by atoms with Gasteiger partial charge in [-0.25, -0.2) is 8.42 Å². The summed E-state index contributed by atoms with van der Waals surface area (Å²) >= 11 is 6.21. The molecule has 0 radical (unpaired) electrons. The van der Waals surface area contributed by atoms with Gasteiger partial charge in [-0.05, 0) is 55.8 Å². The second-order valence-electron chi connectivity index (χ2n) is 6.98. The van der Waals surface area contributed by atoms with E-state index in [1.165, 1.54) is 43.5 Å². The second kappa shape index (κ2) is 9.37. The van der Waals surface area contributed by atoms with Crippen molar-refractivity contribution < 1.29 is 17.9 Å². The molecule has 0 aliphatic rings. The van der Waals surface area contributed by atoms with Crippen LogP contribution in [0.15, 0.2) is 77.7 Å². The zero-order chi connectivity index (χ0) is 22.6. The molecule has 0 aromatic heterocycles. The maximum absolute atomic E-state index is 13.4. The monoisotopic (exact) mass is 455 g/mol. The molecule has 31 heavy (non-hydrogen) atoms. The first-order valence-corrected chi connectivity index (χ1v) is 11.3. The van der Waals surface area contributed by atoms with Crippen molar-refractivity contribution in [2.75, 3.05) is 11.4 Å². The van der Waals surface area contributed by atoms with Crippen LogP contribution in [0.4, 0.5) is 5.69 Å². The Morgan fingerprint density at radius 1 is 0.935 bits per heavy atom. The van der Waals surface area contributed by atoms with Crippen LogP contribution in [0.1, 0.15) is 16.7 Å². The summed E-state index contributed by atoms with van der Waals surface area (Å²) in [6, 6.07) is 18.2. The summed E-state index contributed by atoms with van der Waals surface area (Å²) in [6.45, 7) is 3.81. The second-order valence-corrected chi connectivity index (χ2v) is 9.18. The molecule has 0 unspecified atom stereocenters. The number of hydrogen-bond acceptors (Lipinski definition) is 4. The molecule has 3 rings (SSSR count). The number of anilines is 1. The zero-order valence-electron chi connectivity index (χ0n) is 17.4. The van der Waals surface area contributed by atoms with Crippen LogP contribution in [0.2, 0.25) is 5.02 Å².